The Hall–Kier alpha value is -3.09. The number of anilines is 2. The number of phenols is 1. The van der Waals surface area contributed by atoms with Crippen LogP contribution in [0, 0.1) is 0 Å². The number of phenolic OH excluding ortho intramolecular Hbond substituents is 1. The molecule has 1 saturated heterocycles. The highest BCUT2D eigenvalue weighted by Gasteiger charge is 2.16. The number of hydrogen-bond donors (Lipinski definition) is 3. The molecule has 0 spiro atoms. The zero-order chi connectivity index (χ0) is 21.1. The first-order chi connectivity index (χ1) is 14.5. The van der Waals surface area contributed by atoms with E-state index in [4.69, 9.17) is 11.6 Å². The van der Waals surface area contributed by atoms with Crippen molar-refractivity contribution in [1.29, 1.82) is 0 Å². The first-order valence-corrected chi connectivity index (χ1v) is 10.2. The zero-order valence-corrected chi connectivity index (χ0v) is 17.4. The summed E-state index contributed by atoms with van der Waals surface area (Å²) in [5.74, 6) is 0.896. The van der Waals surface area contributed by atoms with E-state index in [1.165, 1.54) is 6.92 Å². The molecule has 0 radical (unpaired) electrons. The summed E-state index contributed by atoms with van der Waals surface area (Å²) >= 11 is 6.32. The highest BCUT2D eigenvalue weighted by atomic mass is 35.5. The third-order valence-electron chi connectivity index (χ3n) is 5.12. The molecule has 7 heteroatoms. The number of hydrogen-bond acceptors (Lipinski definition) is 5. The Morgan fingerprint density at radius 2 is 1.80 bits per heavy atom. The van der Waals surface area contributed by atoms with E-state index in [-0.39, 0.29) is 11.7 Å². The Morgan fingerprint density at radius 3 is 2.47 bits per heavy atom. The van der Waals surface area contributed by atoms with E-state index in [1.54, 1.807) is 18.3 Å². The average Bonchev–Trinajstić information content (AvgIpc) is 2.76. The topological polar surface area (TPSA) is 77.5 Å². The lowest BCUT2D eigenvalue weighted by Gasteiger charge is -2.28. The first kappa shape index (κ1) is 20.2. The predicted molar refractivity (Wildman–Crippen MR) is 121 cm³/mol. The lowest BCUT2D eigenvalue weighted by Crippen LogP contribution is -2.43. The van der Waals surface area contributed by atoms with Crippen molar-refractivity contribution in [2.45, 2.75) is 6.92 Å². The highest BCUT2D eigenvalue weighted by molar-refractivity contribution is 6.34. The zero-order valence-electron chi connectivity index (χ0n) is 16.7. The molecule has 1 aromatic heterocycles. The van der Waals surface area contributed by atoms with Crippen LogP contribution in [0.4, 0.5) is 11.5 Å². The minimum atomic E-state index is -0.188. The third kappa shape index (κ3) is 4.25. The van der Waals surface area contributed by atoms with Crippen molar-refractivity contribution in [1.82, 2.24) is 10.3 Å². The molecule has 0 unspecified atom stereocenters. The van der Waals surface area contributed by atoms with Gasteiger partial charge in [0.05, 0.1) is 10.7 Å². The molecule has 1 fully saturated rings. The van der Waals surface area contributed by atoms with Gasteiger partial charge in [0.2, 0.25) is 5.91 Å². The number of pyridine rings is 1. The van der Waals surface area contributed by atoms with E-state index in [1.807, 2.05) is 36.4 Å². The van der Waals surface area contributed by atoms with Crippen LogP contribution in [-0.2, 0) is 4.79 Å². The molecular weight excluding hydrogens is 400 g/mol. The SMILES string of the molecule is CC(=O)Nc1ccc(-c2cccc(-c3ccnc(N4CCNCC4)c3)c2O)cc1Cl. The average molecular weight is 423 g/mol. The summed E-state index contributed by atoms with van der Waals surface area (Å²) < 4.78 is 0. The molecular formula is C23H23ClN4O2. The van der Waals surface area contributed by atoms with Crippen molar-refractivity contribution in [3.8, 4) is 28.0 Å². The fourth-order valence-electron chi connectivity index (χ4n) is 3.64. The van der Waals surface area contributed by atoms with Crippen molar-refractivity contribution < 1.29 is 9.90 Å². The summed E-state index contributed by atoms with van der Waals surface area (Å²) in [6.07, 6.45) is 1.78. The molecule has 0 saturated carbocycles. The van der Waals surface area contributed by atoms with Gasteiger partial charge < -0.3 is 20.6 Å². The Kier molecular flexibility index (Phi) is 5.88. The quantitative estimate of drug-likeness (QED) is 0.589. The predicted octanol–water partition coefficient (Wildman–Crippen LogP) is 4.14. The summed E-state index contributed by atoms with van der Waals surface area (Å²) in [6, 6.07) is 14.9. The maximum absolute atomic E-state index is 11.3. The number of halogens is 1. The number of piperazine rings is 1. The Balaban J connectivity index is 1.69. The van der Waals surface area contributed by atoms with E-state index in [9.17, 15) is 9.90 Å². The molecule has 6 nitrogen and oxygen atoms in total. The first-order valence-electron chi connectivity index (χ1n) is 9.84. The van der Waals surface area contributed by atoms with Crippen LogP contribution in [0.25, 0.3) is 22.3 Å². The van der Waals surface area contributed by atoms with Gasteiger partial charge in [-0.2, -0.15) is 0 Å². The summed E-state index contributed by atoms with van der Waals surface area (Å²) in [4.78, 5) is 18.0. The molecule has 154 valence electrons. The number of nitrogens with zero attached hydrogens (tertiary/aromatic N) is 2. The van der Waals surface area contributed by atoms with Crippen LogP contribution in [0.1, 0.15) is 6.92 Å². The van der Waals surface area contributed by atoms with Crippen LogP contribution >= 0.6 is 11.6 Å². The van der Waals surface area contributed by atoms with Crippen LogP contribution in [0.15, 0.2) is 54.7 Å². The van der Waals surface area contributed by atoms with Crippen LogP contribution in [-0.4, -0.2) is 42.2 Å². The third-order valence-corrected chi connectivity index (χ3v) is 5.44. The molecule has 0 aliphatic carbocycles. The summed E-state index contributed by atoms with van der Waals surface area (Å²) in [6.45, 7) is 5.11. The van der Waals surface area contributed by atoms with Crippen molar-refractivity contribution in [2.24, 2.45) is 0 Å². The smallest absolute Gasteiger partial charge is 0.221 e. The van der Waals surface area contributed by atoms with Gasteiger partial charge in [-0.05, 0) is 35.4 Å². The molecule has 1 aliphatic heterocycles. The summed E-state index contributed by atoms with van der Waals surface area (Å²) in [7, 11) is 0. The standard InChI is InChI=1S/C23H23ClN4O2/c1-15(29)27-21-6-5-16(13-20(21)24)18-3-2-4-19(23(18)30)17-7-8-26-22(14-17)28-11-9-25-10-12-28/h2-8,13-14,25,30H,9-12H2,1H3,(H,27,29). The minimum absolute atomic E-state index is 0.179. The van der Waals surface area contributed by atoms with Crippen LogP contribution in [0.5, 0.6) is 5.75 Å². The van der Waals surface area contributed by atoms with Crippen molar-refractivity contribution in [2.75, 3.05) is 36.4 Å². The number of carbonyl (C=O) groups excluding carboxylic acids is 1. The molecule has 0 bridgehead atoms. The van der Waals surface area contributed by atoms with Gasteiger partial charge in [-0.3, -0.25) is 4.79 Å². The van der Waals surface area contributed by atoms with Gasteiger partial charge in [0.25, 0.3) is 0 Å². The molecule has 0 atom stereocenters. The van der Waals surface area contributed by atoms with Crippen LogP contribution in [0.2, 0.25) is 5.02 Å². The van der Waals surface area contributed by atoms with Gasteiger partial charge in [-0.1, -0.05) is 35.9 Å². The van der Waals surface area contributed by atoms with Crippen molar-refractivity contribution in [3.63, 3.8) is 0 Å². The van der Waals surface area contributed by atoms with Gasteiger partial charge >= 0.3 is 0 Å². The number of amides is 1. The van der Waals surface area contributed by atoms with E-state index in [0.29, 0.717) is 16.3 Å². The van der Waals surface area contributed by atoms with Gasteiger partial charge in [-0.25, -0.2) is 4.98 Å². The second-order valence-corrected chi connectivity index (χ2v) is 7.62. The molecule has 2 aromatic carbocycles. The molecule has 3 aromatic rings. The van der Waals surface area contributed by atoms with Crippen molar-refractivity contribution >= 4 is 29.0 Å². The minimum Gasteiger partial charge on any atom is -0.507 e. The molecule has 30 heavy (non-hydrogen) atoms. The molecule has 2 heterocycles. The molecule has 4 rings (SSSR count). The van der Waals surface area contributed by atoms with Crippen LogP contribution < -0.4 is 15.5 Å². The maximum atomic E-state index is 11.3. The van der Waals surface area contributed by atoms with Gasteiger partial charge in [-0.15, -0.1) is 0 Å². The van der Waals surface area contributed by atoms with Gasteiger partial charge in [0.1, 0.15) is 11.6 Å². The monoisotopic (exact) mass is 422 g/mol. The molecule has 1 aliphatic rings. The molecule has 1 amide bonds. The van der Waals surface area contributed by atoms with Crippen LogP contribution in [0.3, 0.4) is 0 Å². The number of nitrogens with one attached hydrogen (secondary N) is 2. The van der Waals surface area contributed by atoms with Gasteiger partial charge in [0.15, 0.2) is 0 Å². The fraction of sp³-hybridized carbons (Fsp3) is 0.217. The Bertz CT molecular complexity index is 1080. The lowest BCUT2D eigenvalue weighted by molar-refractivity contribution is -0.114. The fourth-order valence-corrected chi connectivity index (χ4v) is 3.86. The van der Waals surface area contributed by atoms with Crippen molar-refractivity contribution in [3.05, 3.63) is 59.8 Å². The molecule has 3 N–H and O–H groups in total. The summed E-state index contributed by atoms with van der Waals surface area (Å²) in [5.41, 5.74) is 3.61. The second-order valence-electron chi connectivity index (χ2n) is 7.22. The van der Waals surface area contributed by atoms with E-state index < -0.39 is 0 Å². The maximum Gasteiger partial charge on any atom is 0.221 e. The number of carbonyl (C=O) groups is 1. The summed E-state index contributed by atoms with van der Waals surface area (Å²) in [5, 5.41) is 17.5. The van der Waals surface area contributed by atoms with Gasteiger partial charge in [0, 0.05) is 50.4 Å². The van der Waals surface area contributed by atoms with E-state index in [0.717, 1.165) is 48.7 Å². The normalized spacial score (nSPS) is 13.9. The Labute approximate surface area is 180 Å². The van der Waals surface area contributed by atoms with E-state index in [2.05, 4.69) is 20.5 Å². The number of para-hydroxylation sites is 1. The number of benzene rings is 2. The number of aromatic nitrogens is 1. The second kappa shape index (κ2) is 8.73. The number of rotatable bonds is 4. The lowest BCUT2D eigenvalue weighted by atomic mass is 9.97. The largest absolute Gasteiger partial charge is 0.507 e. The number of aromatic hydroxyl groups is 1. The van der Waals surface area contributed by atoms with E-state index >= 15 is 0 Å². The highest BCUT2D eigenvalue weighted by Crippen LogP contribution is 2.40. The Morgan fingerprint density at radius 1 is 1.10 bits per heavy atom.